The fraction of sp³-hybridized carbons (Fsp3) is 0.282. The van der Waals surface area contributed by atoms with Crippen LogP contribution >= 0.6 is 22.9 Å². The number of phenolic OH excluding ortho intramolecular Hbond substituents is 1. The Balaban J connectivity index is 1.39. The lowest BCUT2D eigenvalue weighted by molar-refractivity contribution is -0.141. The van der Waals surface area contributed by atoms with E-state index >= 15 is 4.79 Å². The van der Waals surface area contributed by atoms with Crippen LogP contribution in [0.5, 0.6) is 17.2 Å². The molecule has 2 aliphatic heterocycles. The molecule has 50 heavy (non-hydrogen) atoms. The lowest BCUT2D eigenvalue weighted by atomic mass is 9.49. The average Bonchev–Trinajstić information content (AvgIpc) is 3.79. The number of fused-ring (bicyclic) bond motifs is 4. The minimum atomic E-state index is -1.52. The molecule has 1 N–H and O–H groups in total. The normalized spacial score (nSPS) is 27.2. The molecule has 0 spiro atoms. The fourth-order valence-electron chi connectivity index (χ4n) is 9.05. The van der Waals surface area contributed by atoms with E-state index in [-0.39, 0.29) is 48.4 Å². The van der Waals surface area contributed by atoms with Crippen LogP contribution in [-0.4, -0.2) is 47.9 Å². The Labute approximate surface area is 297 Å². The van der Waals surface area contributed by atoms with Crippen LogP contribution in [0.4, 0.5) is 5.69 Å². The Bertz CT molecular complexity index is 2060. The number of methoxy groups -OCH3 is 2. The Morgan fingerprint density at radius 1 is 0.880 bits per heavy atom. The Hall–Kier alpha value is -4.93. The van der Waals surface area contributed by atoms with Crippen molar-refractivity contribution in [3.8, 4) is 17.2 Å². The molecule has 9 nitrogen and oxygen atoms in total. The van der Waals surface area contributed by atoms with Crippen LogP contribution in [0.3, 0.4) is 0 Å². The molecular weight excluding hydrogens is 676 g/mol. The van der Waals surface area contributed by atoms with Crippen LogP contribution in [0.15, 0.2) is 95.9 Å². The molecule has 0 unspecified atom stereocenters. The number of nitrogens with zero attached hydrogens (tertiary/aromatic N) is 2. The third kappa shape index (κ3) is 4.58. The summed E-state index contributed by atoms with van der Waals surface area (Å²) in [5, 5.41) is 13.0. The summed E-state index contributed by atoms with van der Waals surface area (Å²) >= 11 is 7.89. The number of benzene rings is 3. The van der Waals surface area contributed by atoms with Gasteiger partial charge >= 0.3 is 0 Å². The first-order valence-corrected chi connectivity index (χ1v) is 17.7. The predicted octanol–water partition coefficient (Wildman–Crippen LogP) is 6.49. The third-order valence-corrected chi connectivity index (χ3v) is 12.1. The number of phenols is 1. The summed E-state index contributed by atoms with van der Waals surface area (Å²) in [6.07, 6.45) is 2.44. The molecule has 2 saturated heterocycles. The van der Waals surface area contributed by atoms with Gasteiger partial charge < -0.3 is 14.6 Å². The Morgan fingerprint density at radius 2 is 1.62 bits per heavy atom. The van der Waals surface area contributed by atoms with E-state index in [2.05, 4.69) is 0 Å². The summed E-state index contributed by atoms with van der Waals surface area (Å²) in [5.74, 6) is -4.64. The second-order valence-corrected chi connectivity index (χ2v) is 14.7. The molecule has 8 rings (SSSR count). The second kappa shape index (κ2) is 12.1. The van der Waals surface area contributed by atoms with Gasteiger partial charge in [-0.1, -0.05) is 65.7 Å². The largest absolute Gasteiger partial charge is 0.508 e. The van der Waals surface area contributed by atoms with E-state index in [0.717, 1.165) is 10.5 Å². The van der Waals surface area contributed by atoms with Gasteiger partial charge in [0.15, 0.2) is 0 Å². The van der Waals surface area contributed by atoms with Crippen molar-refractivity contribution in [3.63, 3.8) is 0 Å². The maximum absolute atomic E-state index is 15.5. The van der Waals surface area contributed by atoms with E-state index in [9.17, 15) is 19.5 Å². The number of anilines is 1. The molecule has 3 heterocycles. The minimum absolute atomic E-state index is 0.104. The summed E-state index contributed by atoms with van der Waals surface area (Å²) < 4.78 is 11.8. The van der Waals surface area contributed by atoms with E-state index in [0.29, 0.717) is 21.8 Å². The molecule has 0 bridgehead atoms. The first-order chi connectivity index (χ1) is 24.2. The van der Waals surface area contributed by atoms with Gasteiger partial charge in [-0.15, -0.1) is 11.3 Å². The highest BCUT2D eigenvalue weighted by Gasteiger charge is 2.71. The van der Waals surface area contributed by atoms with Gasteiger partial charge in [0.25, 0.3) is 0 Å². The number of hydrogen-bond donors (Lipinski definition) is 1. The number of halogens is 1. The molecule has 4 aliphatic rings. The number of ether oxygens (including phenoxy) is 2. The van der Waals surface area contributed by atoms with Crippen molar-refractivity contribution in [2.24, 2.45) is 23.7 Å². The van der Waals surface area contributed by atoms with Crippen LogP contribution in [-0.2, 0) is 31.1 Å². The van der Waals surface area contributed by atoms with E-state index in [1.807, 2.05) is 53.9 Å². The summed E-state index contributed by atoms with van der Waals surface area (Å²) in [7, 11) is 2.94. The summed E-state index contributed by atoms with van der Waals surface area (Å²) in [5.41, 5.74) is 0.670. The Morgan fingerprint density at radius 3 is 2.28 bits per heavy atom. The van der Waals surface area contributed by atoms with Crippen LogP contribution in [0.1, 0.15) is 34.8 Å². The number of thiophene rings is 1. The van der Waals surface area contributed by atoms with Crippen molar-refractivity contribution in [1.82, 2.24) is 4.90 Å². The summed E-state index contributed by atoms with van der Waals surface area (Å²) in [4.78, 5) is 62.2. The maximum atomic E-state index is 15.5. The molecule has 3 aromatic carbocycles. The molecule has 0 radical (unpaired) electrons. The van der Waals surface area contributed by atoms with Gasteiger partial charge in [-0.3, -0.25) is 24.1 Å². The van der Waals surface area contributed by atoms with Gasteiger partial charge in [-0.05, 0) is 54.0 Å². The number of rotatable bonds is 7. The molecule has 11 heteroatoms. The van der Waals surface area contributed by atoms with E-state index in [1.54, 1.807) is 24.3 Å². The van der Waals surface area contributed by atoms with Gasteiger partial charge in [0, 0.05) is 33.5 Å². The van der Waals surface area contributed by atoms with Gasteiger partial charge in [-0.25, -0.2) is 4.90 Å². The second-order valence-electron chi connectivity index (χ2n) is 13.2. The molecule has 4 amide bonds. The van der Waals surface area contributed by atoms with E-state index < -0.39 is 46.8 Å². The standard InChI is InChI=1S/C39H33ClN2O7S/c1-48-30-17-24(43)18-31(49-2)33(30)34-26-13-14-27-32(37(46)41(35(27)44)20-25-12-7-15-50-25)28(26)19-29-36(45)42(23-11-6-10-22(40)16-23)38(47)39(29,34)21-8-4-3-5-9-21/h3-13,15-18,27-29,32,34,43H,14,19-20H2,1-2H3/t27-,28+,29-,32-,34+,39+/m0/s1. The van der Waals surface area contributed by atoms with Gasteiger partial charge in [0.1, 0.15) is 17.2 Å². The SMILES string of the molecule is COc1cc(O)cc(OC)c1[C@H]1C2=CC[C@@H]3C(=O)N(Cc4cccs4)C(=O)[C@@H]3[C@@H]2C[C@H]2C(=O)N(c3cccc(Cl)c3)C(=O)[C@@]12c1ccccc1. The molecule has 1 saturated carbocycles. The van der Waals surface area contributed by atoms with Crippen molar-refractivity contribution in [2.45, 2.75) is 30.7 Å². The molecule has 254 valence electrons. The highest BCUT2D eigenvalue weighted by Crippen LogP contribution is 2.66. The molecule has 4 aromatic rings. The molecule has 2 aliphatic carbocycles. The van der Waals surface area contributed by atoms with Crippen molar-refractivity contribution < 1.29 is 33.8 Å². The highest BCUT2D eigenvalue weighted by atomic mass is 35.5. The maximum Gasteiger partial charge on any atom is 0.246 e. The quantitative estimate of drug-likeness (QED) is 0.173. The summed E-state index contributed by atoms with van der Waals surface area (Å²) in [6, 6.07) is 22.6. The number of hydrogen-bond acceptors (Lipinski definition) is 8. The Kier molecular flexibility index (Phi) is 7.84. The lowest BCUT2D eigenvalue weighted by Gasteiger charge is -2.51. The first kappa shape index (κ1) is 32.3. The van der Waals surface area contributed by atoms with Crippen molar-refractivity contribution in [1.29, 1.82) is 0 Å². The lowest BCUT2D eigenvalue weighted by Crippen LogP contribution is -2.53. The van der Waals surface area contributed by atoms with Crippen molar-refractivity contribution >= 4 is 52.3 Å². The number of aromatic hydroxyl groups is 1. The number of likely N-dealkylation sites (tertiary alicyclic amines) is 1. The number of amides is 4. The minimum Gasteiger partial charge on any atom is -0.508 e. The number of carbonyl (C=O) groups is 4. The third-order valence-electron chi connectivity index (χ3n) is 11.0. The van der Waals surface area contributed by atoms with Crippen LogP contribution in [0, 0.1) is 23.7 Å². The zero-order valence-electron chi connectivity index (χ0n) is 27.2. The first-order valence-electron chi connectivity index (χ1n) is 16.4. The van der Waals surface area contributed by atoms with Gasteiger partial charge in [0.2, 0.25) is 23.6 Å². The zero-order valence-corrected chi connectivity index (χ0v) is 28.8. The van der Waals surface area contributed by atoms with Crippen LogP contribution < -0.4 is 14.4 Å². The molecule has 3 fully saturated rings. The molecule has 6 atom stereocenters. The van der Waals surface area contributed by atoms with Crippen LogP contribution in [0.2, 0.25) is 5.02 Å². The number of imide groups is 2. The van der Waals surface area contributed by atoms with Gasteiger partial charge in [0.05, 0.1) is 49.6 Å². The van der Waals surface area contributed by atoms with Crippen molar-refractivity contribution in [3.05, 3.63) is 117 Å². The van der Waals surface area contributed by atoms with Crippen molar-refractivity contribution in [2.75, 3.05) is 19.1 Å². The highest BCUT2D eigenvalue weighted by molar-refractivity contribution is 7.09. The number of carbonyl (C=O) groups excluding carboxylic acids is 4. The number of allylic oxidation sites excluding steroid dienone is 2. The van der Waals surface area contributed by atoms with Crippen LogP contribution in [0.25, 0.3) is 0 Å². The van der Waals surface area contributed by atoms with E-state index in [1.165, 1.54) is 47.5 Å². The smallest absolute Gasteiger partial charge is 0.246 e. The summed E-state index contributed by atoms with van der Waals surface area (Å²) in [6.45, 7) is 0.185. The van der Waals surface area contributed by atoms with Gasteiger partial charge in [-0.2, -0.15) is 0 Å². The monoisotopic (exact) mass is 708 g/mol. The molecular formula is C39H33ClN2O7S. The average molecular weight is 709 g/mol. The topological polar surface area (TPSA) is 113 Å². The predicted molar refractivity (Wildman–Crippen MR) is 187 cm³/mol. The zero-order chi connectivity index (χ0) is 34.9. The fourth-order valence-corrected chi connectivity index (χ4v) is 9.92. The van der Waals surface area contributed by atoms with E-state index in [4.69, 9.17) is 21.1 Å². The molecule has 1 aromatic heterocycles.